The van der Waals surface area contributed by atoms with Gasteiger partial charge in [0.25, 0.3) is 0 Å². The number of nitrogens with one attached hydrogen (secondary N) is 1. The number of aryl methyl sites for hydroxylation is 3. The summed E-state index contributed by atoms with van der Waals surface area (Å²) in [5.41, 5.74) is 3.22. The Morgan fingerprint density at radius 1 is 1.33 bits per heavy atom. The molecule has 2 aromatic rings. The summed E-state index contributed by atoms with van der Waals surface area (Å²) >= 11 is 0. The topological polar surface area (TPSA) is 59.8 Å². The molecule has 1 heterocycles. The predicted molar refractivity (Wildman–Crippen MR) is 69.2 cm³/mol. The highest BCUT2D eigenvalue weighted by molar-refractivity contribution is 5.90. The lowest BCUT2D eigenvalue weighted by molar-refractivity contribution is -0.116. The molecule has 0 saturated carbocycles. The zero-order chi connectivity index (χ0) is 13.0. The molecule has 94 valence electrons. The van der Waals surface area contributed by atoms with Crippen molar-refractivity contribution in [3.63, 3.8) is 0 Å². The van der Waals surface area contributed by atoms with Gasteiger partial charge in [-0.3, -0.25) is 9.48 Å². The van der Waals surface area contributed by atoms with Crippen LogP contribution in [0.3, 0.4) is 0 Å². The average Bonchev–Trinajstić information content (AvgIpc) is 2.84. The molecule has 5 nitrogen and oxygen atoms in total. The van der Waals surface area contributed by atoms with Crippen molar-refractivity contribution >= 4 is 11.6 Å². The third-order valence-corrected chi connectivity index (χ3v) is 2.83. The number of rotatable bonds is 4. The molecule has 0 aliphatic heterocycles. The molecule has 0 unspecified atom stereocenters. The summed E-state index contributed by atoms with van der Waals surface area (Å²) in [4.78, 5) is 15.6. The van der Waals surface area contributed by atoms with Crippen LogP contribution in [-0.2, 0) is 11.3 Å². The van der Waals surface area contributed by atoms with Crippen molar-refractivity contribution in [3.8, 4) is 0 Å². The predicted octanol–water partition coefficient (Wildman–Crippen LogP) is 1.92. The molecule has 0 saturated heterocycles. The maximum atomic E-state index is 11.7. The number of aromatic nitrogens is 3. The van der Waals surface area contributed by atoms with Gasteiger partial charge in [0.05, 0.1) is 6.54 Å². The van der Waals surface area contributed by atoms with Gasteiger partial charge in [-0.2, -0.15) is 5.10 Å². The van der Waals surface area contributed by atoms with E-state index >= 15 is 0 Å². The first-order valence-corrected chi connectivity index (χ1v) is 5.84. The Balaban J connectivity index is 1.88. The zero-order valence-electron chi connectivity index (χ0n) is 10.6. The highest BCUT2D eigenvalue weighted by Gasteiger charge is 2.04. The highest BCUT2D eigenvalue weighted by Crippen LogP contribution is 2.14. The number of benzene rings is 1. The average molecular weight is 244 g/mol. The van der Waals surface area contributed by atoms with Gasteiger partial charge in [0.15, 0.2) is 0 Å². The van der Waals surface area contributed by atoms with Crippen LogP contribution in [0.2, 0.25) is 0 Å². The Morgan fingerprint density at radius 3 is 2.83 bits per heavy atom. The van der Waals surface area contributed by atoms with Gasteiger partial charge in [-0.15, -0.1) is 0 Å². The number of amides is 1. The van der Waals surface area contributed by atoms with Crippen molar-refractivity contribution in [2.45, 2.75) is 26.8 Å². The quantitative estimate of drug-likeness (QED) is 0.893. The molecule has 0 atom stereocenters. The third kappa shape index (κ3) is 3.16. The zero-order valence-corrected chi connectivity index (χ0v) is 10.6. The number of carbonyl (C=O) groups is 1. The van der Waals surface area contributed by atoms with Gasteiger partial charge >= 0.3 is 0 Å². The lowest BCUT2D eigenvalue weighted by atomic mass is 10.1. The second-order valence-electron chi connectivity index (χ2n) is 4.26. The molecule has 0 aliphatic carbocycles. The van der Waals surface area contributed by atoms with Gasteiger partial charge in [-0.1, -0.05) is 6.07 Å². The molecule has 1 amide bonds. The van der Waals surface area contributed by atoms with Crippen LogP contribution in [0.5, 0.6) is 0 Å². The molecule has 0 spiro atoms. The van der Waals surface area contributed by atoms with Crippen LogP contribution in [0.15, 0.2) is 30.9 Å². The Hall–Kier alpha value is -2.17. The maximum absolute atomic E-state index is 11.7. The second-order valence-corrected chi connectivity index (χ2v) is 4.26. The van der Waals surface area contributed by atoms with Gasteiger partial charge in [0, 0.05) is 12.1 Å². The van der Waals surface area contributed by atoms with Gasteiger partial charge in [-0.25, -0.2) is 4.98 Å². The van der Waals surface area contributed by atoms with Crippen molar-refractivity contribution in [2.75, 3.05) is 5.32 Å². The first-order valence-electron chi connectivity index (χ1n) is 5.84. The van der Waals surface area contributed by atoms with E-state index in [2.05, 4.69) is 15.4 Å². The first kappa shape index (κ1) is 12.3. The van der Waals surface area contributed by atoms with Gasteiger partial charge in [0.1, 0.15) is 12.7 Å². The SMILES string of the molecule is Cc1ccc(NC(=O)CCn2cncn2)cc1C. The standard InChI is InChI=1S/C13H16N4O/c1-10-3-4-12(7-11(10)2)16-13(18)5-6-17-9-14-8-15-17/h3-4,7-9H,5-6H2,1-2H3,(H,16,18). The van der Waals surface area contributed by atoms with E-state index in [1.54, 1.807) is 11.0 Å². The minimum Gasteiger partial charge on any atom is -0.326 e. The first-order chi connectivity index (χ1) is 8.65. The summed E-state index contributed by atoms with van der Waals surface area (Å²) in [7, 11) is 0. The summed E-state index contributed by atoms with van der Waals surface area (Å²) in [5.74, 6) is -0.0197. The minimum absolute atomic E-state index is 0.0197. The van der Waals surface area contributed by atoms with E-state index in [9.17, 15) is 4.79 Å². The summed E-state index contributed by atoms with van der Waals surface area (Å²) in [6.45, 7) is 4.61. The van der Waals surface area contributed by atoms with Crippen molar-refractivity contribution < 1.29 is 4.79 Å². The Morgan fingerprint density at radius 2 is 2.17 bits per heavy atom. The molecule has 18 heavy (non-hydrogen) atoms. The Kier molecular flexibility index (Phi) is 3.72. The fourth-order valence-corrected chi connectivity index (χ4v) is 1.61. The van der Waals surface area contributed by atoms with Crippen LogP contribution < -0.4 is 5.32 Å². The summed E-state index contributed by atoms with van der Waals surface area (Å²) < 4.78 is 1.64. The second kappa shape index (κ2) is 5.44. The molecular weight excluding hydrogens is 228 g/mol. The van der Waals surface area contributed by atoms with Gasteiger partial charge in [0.2, 0.25) is 5.91 Å². The van der Waals surface area contributed by atoms with E-state index in [1.807, 2.05) is 32.0 Å². The number of hydrogen-bond donors (Lipinski definition) is 1. The highest BCUT2D eigenvalue weighted by atomic mass is 16.1. The van der Waals surface area contributed by atoms with E-state index in [0.717, 1.165) is 5.69 Å². The van der Waals surface area contributed by atoms with Crippen molar-refractivity contribution in [2.24, 2.45) is 0 Å². The van der Waals surface area contributed by atoms with Crippen LogP contribution in [-0.4, -0.2) is 20.7 Å². The lowest BCUT2D eigenvalue weighted by Crippen LogP contribution is -2.14. The van der Waals surface area contributed by atoms with Crippen LogP contribution >= 0.6 is 0 Å². The molecular formula is C13H16N4O. The molecule has 1 aromatic heterocycles. The largest absolute Gasteiger partial charge is 0.326 e. The molecule has 5 heteroatoms. The number of carbonyl (C=O) groups excluding carboxylic acids is 1. The molecule has 0 fully saturated rings. The van der Waals surface area contributed by atoms with Gasteiger partial charge in [-0.05, 0) is 37.1 Å². The summed E-state index contributed by atoms with van der Waals surface area (Å²) in [6, 6.07) is 5.89. The fourth-order valence-electron chi connectivity index (χ4n) is 1.61. The summed E-state index contributed by atoms with van der Waals surface area (Å²) in [5, 5.41) is 6.82. The Bertz CT molecular complexity index is 534. The van der Waals surface area contributed by atoms with E-state index < -0.39 is 0 Å². The molecule has 0 bridgehead atoms. The van der Waals surface area contributed by atoms with E-state index in [1.165, 1.54) is 17.5 Å². The molecule has 0 aliphatic rings. The molecule has 1 aromatic carbocycles. The van der Waals surface area contributed by atoms with E-state index in [4.69, 9.17) is 0 Å². The summed E-state index contributed by atoms with van der Waals surface area (Å²) in [6.07, 6.45) is 3.45. The van der Waals surface area contributed by atoms with Crippen LogP contribution in [0.4, 0.5) is 5.69 Å². The van der Waals surface area contributed by atoms with Crippen LogP contribution in [0, 0.1) is 13.8 Å². The van der Waals surface area contributed by atoms with E-state index in [-0.39, 0.29) is 5.91 Å². The Labute approximate surface area is 106 Å². The maximum Gasteiger partial charge on any atom is 0.226 e. The van der Waals surface area contributed by atoms with Crippen molar-refractivity contribution in [1.82, 2.24) is 14.8 Å². The lowest BCUT2D eigenvalue weighted by Gasteiger charge is -2.07. The van der Waals surface area contributed by atoms with Gasteiger partial charge < -0.3 is 5.32 Å². The molecule has 2 rings (SSSR count). The van der Waals surface area contributed by atoms with Crippen LogP contribution in [0.1, 0.15) is 17.5 Å². The third-order valence-electron chi connectivity index (χ3n) is 2.83. The molecule has 1 N–H and O–H groups in total. The van der Waals surface area contributed by atoms with E-state index in [0.29, 0.717) is 13.0 Å². The smallest absolute Gasteiger partial charge is 0.226 e. The van der Waals surface area contributed by atoms with Crippen molar-refractivity contribution in [1.29, 1.82) is 0 Å². The molecule has 0 radical (unpaired) electrons. The number of nitrogens with zero attached hydrogens (tertiary/aromatic N) is 3. The fraction of sp³-hybridized carbons (Fsp3) is 0.308. The monoisotopic (exact) mass is 244 g/mol. The van der Waals surface area contributed by atoms with Crippen LogP contribution in [0.25, 0.3) is 0 Å². The number of anilines is 1. The van der Waals surface area contributed by atoms with Crippen molar-refractivity contribution in [3.05, 3.63) is 42.0 Å². The normalized spacial score (nSPS) is 10.3. The minimum atomic E-state index is -0.0197. The number of hydrogen-bond acceptors (Lipinski definition) is 3.